The Kier molecular flexibility index (Phi) is 7.73. The first-order chi connectivity index (χ1) is 16.4. The Morgan fingerprint density at radius 1 is 1.20 bits per heavy atom. The highest BCUT2D eigenvalue weighted by atomic mass is 32.2. The molecule has 12 heteroatoms. The van der Waals surface area contributed by atoms with Crippen LogP contribution in [0.25, 0.3) is 0 Å². The lowest BCUT2D eigenvalue weighted by atomic mass is 10.0. The lowest BCUT2D eigenvalue weighted by molar-refractivity contribution is -0.151. The number of amides is 3. The van der Waals surface area contributed by atoms with Crippen molar-refractivity contribution < 1.29 is 38.6 Å². The number of thioether (sulfide) groups is 1. The van der Waals surface area contributed by atoms with Crippen molar-refractivity contribution in [2.45, 2.75) is 50.8 Å². The Hall–Kier alpha value is -3.54. The zero-order chi connectivity index (χ0) is 25.9. The van der Waals surface area contributed by atoms with E-state index in [0.717, 1.165) is 4.90 Å². The lowest BCUT2D eigenvalue weighted by Crippen LogP contribution is -2.71. The summed E-state index contributed by atoms with van der Waals surface area (Å²) in [7, 11) is 0. The number of fused-ring (bicyclic) bond motifs is 1. The number of alkyl carbamates (subject to hydrolysis) is 1. The molecule has 0 radical (unpaired) electrons. The van der Waals surface area contributed by atoms with Gasteiger partial charge in [-0.15, -0.1) is 11.8 Å². The Balaban J connectivity index is 1.77. The van der Waals surface area contributed by atoms with Gasteiger partial charge in [0.15, 0.2) is 0 Å². The number of carbonyl (C=O) groups excluding carboxylic acids is 4. The number of hydrogen-bond donors (Lipinski definition) is 3. The molecule has 3 N–H and O–H groups in total. The summed E-state index contributed by atoms with van der Waals surface area (Å²) in [6, 6.07) is 6.32. The molecule has 35 heavy (non-hydrogen) atoms. The summed E-state index contributed by atoms with van der Waals surface area (Å²) in [5.41, 5.74) is -0.266. The quantitative estimate of drug-likeness (QED) is 0.370. The van der Waals surface area contributed by atoms with Crippen molar-refractivity contribution in [3.63, 3.8) is 0 Å². The number of carboxylic acids is 1. The van der Waals surface area contributed by atoms with Gasteiger partial charge in [0.1, 0.15) is 35.4 Å². The van der Waals surface area contributed by atoms with E-state index in [0.29, 0.717) is 11.1 Å². The first kappa shape index (κ1) is 26.1. The Bertz CT molecular complexity index is 1070. The molecule has 0 aromatic heterocycles. The molecule has 0 saturated carbocycles. The molecule has 3 atom stereocenters. The fourth-order valence-electron chi connectivity index (χ4n) is 3.59. The molecule has 2 aliphatic heterocycles. The predicted octanol–water partition coefficient (Wildman–Crippen LogP) is 1.55. The number of aliphatic carboxylic acids is 1. The summed E-state index contributed by atoms with van der Waals surface area (Å²) in [5, 5.41) is 14.2. The number of hydrogen-bond acceptors (Lipinski definition) is 8. The minimum atomic E-state index is -1.33. The van der Waals surface area contributed by atoms with Crippen LogP contribution in [0.1, 0.15) is 39.3 Å². The molecular formula is C23H27N3O8S. The molecule has 1 aromatic carbocycles. The van der Waals surface area contributed by atoms with Crippen LogP contribution >= 0.6 is 11.8 Å². The van der Waals surface area contributed by atoms with Gasteiger partial charge in [-0.3, -0.25) is 19.3 Å². The number of nitrogens with one attached hydrogen (secondary N) is 2. The molecule has 3 amide bonds. The number of β-lactam (4-membered cyclic amide) rings is 1. The minimum absolute atomic E-state index is 0.202. The third kappa shape index (κ3) is 6.13. The van der Waals surface area contributed by atoms with Gasteiger partial charge >= 0.3 is 18.0 Å². The maximum absolute atomic E-state index is 13.2. The molecule has 2 aliphatic rings. The summed E-state index contributed by atoms with van der Waals surface area (Å²) in [6.07, 6.45) is -0.804. The van der Waals surface area contributed by atoms with Gasteiger partial charge in [0.2, 0.25) is 5.91 Å². The highest BCUT2D eigenvalue weighted by Gasteiger charge is 2.54. The van der Waals surface area contributed by atoms with Gasteiger partial charge in [-0.2, -0.15) is 0 Å². The Morgan fingerprint density at radius 3 is 2.43 bits per heavy atom. The van der Waals surface area contributed by atoms with Gasteiger partial charge in [-0.25, -0.2) is 9.59 Å². The van der Waals surface area contributed by atoms with E-state index < -0.39 is 52.9 Å². The van der Waals surface area contributed by atoms with Crippen LogP contribution in [-0.2, 0) is 28.7 Å². The van der Waals surface area contributed by atoms with Crippen LogP contribution in [-0.4, -0.2) is 69.2 Å². The first-order valence-corrected chi connectivity index (χ1v) is 11.8. The van der Waals surface area contributed by atoms with Gasteiger partial charge in [0.05, 0.1) is 0 Å². The molecule has 188 valence electrons. The van der Waals surface area contributed by atoms with Gasteiger partial charge in [-0.05, 0) is 26.3 Å². The SMILES string of the molecule is CC(=O)OCC1=C(C(=O)O)N2C(=O)[C@@H](NC(=O)[C@@H](NC(=O)OC(C)(C)C)c3ccccc3)[C@H]2SC1. The summed E-state index contributed by atoms with van der Waals surface area (Å²) < 4.78 is 10.2. The number of carbonyl (C=O) groups is 5. The number of nitrogens with zero attached hydrogens (tertiary/aromatic N) is 1. The van der Waals surface area contributed by atoms with E-state index in [9.17, 15) is 29.1 Å². The lowest BCUT2D eigenvalue weighted by Gasteiger charge is -2.49. The number of rotatable bonds is 7. The molecule has 2 heterocycles. The van der Waals surface area contributed by atoms with E-state index in [2.05, 4.69) is 10.6 Å². The highest BCUT2D eigenvalue weighted by molar-refractivity contribution is 8.00. The van der Waals surface area contributed by atoms with Crippen molar-refractivity contribution in [2.75, 3.05) is 12.4 Å². The number of esters is 1. The fraction of sp³-hybridized carbons (Fsp3) is 0.435. The van der Waals surface area contributed by atoms with E-state index in [1.165, 1.54) is 18.7 Å². The third-order valence-electron chi connectivity index (χ3n) is 5.05. The number of benzene rings is 1. The van der Waals surface area contributed by atoms with Crippen molar-refractivity contribution in [1.29, 1.82) is 0 Å². The molecule has 0 spiro atoms. The molecule has 0 aliphatic carbocycles. The highest BCUT2D eigenvalue weighted by Crippen LogP contribution is 2.40. The van der Waals surface area contributed by atoms with E-state index >= 15 is 0 Å². The average molecular weight is 506 g/mol. The molecular weight excluding hydrogens is 478 g/mol. The Labute approximate surface area is 206 Å². The van der Waals surface area contributed by atoms with Gasteiger partial charge < -0.3 is 25.2 Å². The van der Waals surface area contributed by atoms with Crippen molar-refractivity contribution in [3.05, 3.63) is 47.2 Å². The van der Waals surface area contributed by atoms with E-state index in [4.69, 9.17) is 9.47 Å². The maximum atomic E-state index is 13.2. The summed E-state index contributed by atoms with van der Waals surface area (Å²) in [5.74, 6) is -2.96. The topological polar surface area (TPSA) is 151 Å². The largest absolute Gasteiger partial charge is 0.477 e. The molecule has 1 fully saturated rings. The van der Waals surface area contributed by atoms with Crippen molar-refractivity contribution in [1.82, 2.24) is 15.5 Å². The normalized spacial score (nSPS) is 20.2. The summed E-state index contributed by atoms with van der Waals surface area (Å²) in [6.45, 7) is 6.03. The molecule has 0 bridgehead atoms. The van der Waals surface area contributed by atoms with E-state index in [1.54, 1.807) is 51.1 Å². The second kappa shape index (κ2) is 10.4. The summed E-state index contributed by atoms with van der Waals surface area (Å²) >= 11 is 1.24. The fourth-order valence-corrected chi connectivity index (χ4v) is 4.92. The van der Waals surface area contributed by atoms with E-state index in [-0.39, 0.29) is 18.1 Å². The second-order valence-corrected chi connectivity index (χ2v) is 10.0. The van der Waals surface area contributed by atoms with Crippen molar-refractivity contribution in [3.8, 4) is 0 Å². The van der Waals surface area contributed by atoms with Crippen LogP contribution in [0.15, 0.2) is 41.6 Å². The van der Waals surface area contributed by atoms with Crippen molar-refractivity contribution >= 4 is 41.6 Å². The molecule has 0 unspecified atom stereocenters. The molecule has 1 aromatic rings. The smallest absolute Gasteiger partial charge is 0.408 e. The minimum Gasteiger partial charge on any atom is -0.477 e. The van der Waals surface area contributed by atoms with Crippen LogP contribution < -0.4 is 10.6 Å². The van der Waals surface area contributed by atoms with Crippen LogP contribution in [0.3, 0.4) is 0 Å². The molecule has 11 nitrogen and oxygen atoms in total. The predicted molar refractivity (Wildman–Crippen MR) is 125 cm³/mol. The monoisotopic (exact) mass is 505 g/mol. The molecule has 1 saturated heterocycles. The van der Waals surface area contributed by atoms with Crippen molar-refractivity contribution in [2.24, 2.45) is 0 Å². The standard InChI is InChI=1S/C23H27N3O8S/c1-12(27)33-10-14-11-35-20-16(19(29)26(20)17(14)21(30)31)24-18(28)15(13-8-6-5-7-9-13)25-22(32)34-23(2,3)4/h5-9,15-16,20H,10-11H2,1-4H3,(H,24,28)(H,25,32)(H,30,31)/t15-,16+,20+/m0/s1. The summed E-state index contributed by atoms with van der Waals surface area (Å²) in [4.78, 5) is 62.5. The number of carboxylic acid groups (broad SMARTS) is 1. The van der Waals surface area contributed by atoms with Crippen LogP contribution in [0.5, 0.6) is 0 Å². The second-order valence-electron chi connectivity index (χ2n) is 8.92. The van der Waals surface area contributed by atoms with Crippen LogP contribution in [0.2, 0.25) is 0 Å². The van der Waals surface area contributed by atoms with E-state index in [1.807, 2.05) is 0 Å². The maximum Gasteiger partial charge on any atom is 0.408 e. The first-order valence-electron chi connectivity index (χ1n) is 10.8. The zero-order valence-electron chi connectivity index (χ0n) is 19.7. The Morgan fingerprint density at radius 2 is 1.86 bits per heavy atom. The number of ether oxygens (including phenoxy) is 2. The van der Waals surface area contributed by atoms with Gasteiger partial charge in [0.25, 0.3) is 5.91 Å². The van der Waals surface area contributed by atoms with Crippen LogP contribution in [0.4, 0.5) is 4.79 Å². The third-order valence-corrected chi connectivity index (χ3v) is 6.39. The average Bonchev–Trinajstić information content (AvgIpc) is 2.77. The molecule has 3 rings (SSSR count). The van der Waals surface area contributed by atoms with Gasteiger partial charge in [-0.1, -0.05) is 30.3 Å². The zero-order valence-corrected chi connectivity index (χ0v) is 20.5. The van der Waals surface area contributed by atoms with Crippen LogP contribution in [0, 0.1) is 0 Å². The van der Waals surface area contributed by atoms with Gasteiger partial charge in [0, 0.05) is 18.2 Å².